The van der Waals surface area contributed by atoms with Crippen molar-refractivity contribution in [1.82, 2.24) is 0 Å². The Morgan fingerprint density at radius 1 is 0.467 bits per heavy atom. The zero-order valence-corrected chi connectivity index (χ0v) is 18.0. The van der Waals surface area contributed by atoms with Crippen molar-refractivity contribution in [2.24, 2.45) is 0 Å². The first-order valence-electron chi connectivity index (χ1n) is 10.4. The second-order valence-corrected chi connectivity index (χ2v) is 8.14. The quantitative estimate of drug-likeness (QED) is 0.356. The molecule has 4 aromatic carbocycles. The molecule has 4 aromatic rings. The van der Waals surface area contributed by atoms with Gasteiger partial charge in [0.05, 0.1) is 0 Å². The molecule has 0 aliphatic rings. The minimum Gasteiger partial charge on any atom is -0.322 e. The number of hydrogen-bond donors (Lipinski definition) is 0. The van der Waals surface area contributed by atoms with Gasteiger partial charge in [0.1, 0.15) is 0 Å². The van der Waals surface area contributed by atoms with Crippen LogP contribution in [-0.4, -0.2) is 6.99 Å². The first kappa shape index (κ1) is 20.2. The van der Waals surface area contributed by atoms with Crippen LogP contribution >= 0.6 is 0 Å². The van der Waals surface area contributed by atoms with Gasteiger partial charge in [-0.25, -0.2) is 0 Å². The molecule has 0 fully saturated rings. The van der Waals surface area contributed by atoms with Crippen LogP contribution in [0.1, 0.15) is 22.3 Å². The third kappa shape index (κ3) is 3.83. The molecule has 0 aliphatic heterocycles. The van der Waals surface area contributed by atoms with Gasteiger partial charge in [-0.15, -0.1) is 0 Å². The summed E-state index contributed by atoms with van der Waals surface area (Å²) in [4.78, 5) is 0. The lowest BCUT2D eigenvalue weighted by atomic mass is 9.53. The summed E-state index contributed by atoms with van der Waals surface area (Å²) >= 11 is 0. The number of rotatable bonds is 4. The summed E-state index contributed by atoms with van der Waals surface area (Å²) in [6.07, 6.45) is 0. The van der Waals surface area contributed by atoms with E-state index >= 15 is 4.32 Å². The molecule has 0 N–H and O–H groups in total. The minimum absolute atomic E-state index is 0.786. The van der Waals surface area contributed by atoms with E-state index in [4.69, 9.17) is 0 Å². The number of aryl methyl sites for hydroxylation is 4. The highest BCUT2D eigenvalue weighted by Crippen LogP contribution is 2.24. The Bertz CT molecular complexity index is 1040. The molecular formula is C28H26BF. The van der Waals surface area contributed by atoms with E-state index in [1.54, 1.807) is 0 Å². The second-order valence-electron chi connectivity index (χ2n) is 8.14. The molecule has 0 bridgehead atoms. The predicted molar refractivity (Wildman–Crippen MR) is 129 cm³/mol. The van der Waals surface area contributed by atoms with Crippen molar-refractivity contribution in [3.63, 3.8) is 0 Å². The molecule has 0 heterocycles. The summed E-state index contributed by atoms with van der Waals surface area (Å²) in [6, 6.07) is 29.0. The number of halogens is 1. The predicted octanol–water partition coefficient (Wildman–Crippen LogP) is 6.33. The highest BCUT2D eigenvalue weighted by atomic mass is 19.1. The maximum absolute atomic E-state index is 16.0. The number of hydrogen-bond acceptors (Lipinski definition) is 0. The van der Waals surface area contributed by atoms with E-state index in [2.05, 4.69) is 48.5 Å². The van der Waals surface area contributed by atoms with Crippen LogP contribution < -0.4 is 10.9 Å². The van der Waals surface area contributed by atoms with Crippen LogP contribution in [0.2, 0.25) is 0 Å². The van der Waals surface area contributed by atoms with Crippen LogP contribution in [0.3, 0.4) is 0 Å². The van der Waals surface area contributed by atoms with Crippen molar-refractivity contribution >= 4 is 17.9 Å². The van der Waals surface area contributed by atoms with Gasteiger partial charge < -0.3 is 4.32 Å². The molecule has 0 saturated carbocycles. The Hall–Kier alpha value is -3.13. The molecule has 0 radical (unpaired) electrons. The van der Waals surface area contributed by atoms with Gasteiger partial charge in [0, 0.05) is 0 Å². The van der Waals surface area contributed by atoms with Gasteiger partial charge in [0.15, 0.2) is 0 Å². The van der Waals surface area contributed by atoms with Gasteiger partial charge in [-0.1, -0.05) is 107 Å². The van der Waals surface area contributed by atoms with E-state index in [9.17, 15) is 0 Å². The Balaban J connectivity index is 1.75. The minimum atomic E-state index is -1.14. The molecule has 2 heteroatoms. The molecule has 0 amide bonds. The Morgan fingerprint density at radius 3 is 1.07 bits per heavy atom. The molecular weight excluding hydrogens is 366 g/mol. The summed E-state index contributed by atoms with van der Waals surface area (Å²) in [5.41, 5.74) is 10.1. The molecule has 0 aliphatic carbocycles. The maximum atomic E-state index is 16.0. The zero-order chi connectivity index (χ0) is 21.3. The summed E-state index contributed by atoms with van der Waals surface area (Å²) < 4.78 is 16.0. The van der Waals surface area contributed by atoms with E-state index in [1.165, 1.54) is 0 Å². The maximum Gasteiger partial charge on any atom is 0.414 e. The second kappa shape index (κ2) is 8.32. The van der Waals surface area contributed by atoms with E-state index in [0.29, 0.717) is 0 Å². The van der Waals surface area contributed by atoms with Crippen LogP contribution in [0.4, 0.5) is 4.32 Å². The lowest BCUT2D eigenvalue weighted by molar-refractivity contribution is 0.862. The van der Waals surface area contributed by atoms with Gasteiger partial charge in [0.25, 0.3) is 0 Å². The van der Waals surface area contributed by atoms with Crippen LogP contribution in [0.25, 0.3) is 22.3 Å². The van der Waals surface area contributed by atoms with Crippen LogP contribution in [0, 0.1) is 27.7 Å². The normalized spacial score (nSPS) is 10.8. The fourth-order valence-electron chi connectivity index (χ4n) is 4.49. The highest BCUT2D eigenvalue weighted by molar-refractivity contribution is 6.81. The van der Waals surface area contributed by atoms with Gasteiger partial charge >= 0.3 is 6.99 Å². The molecule has 0 nitrogen and oxygen atoms in total. The molecule has 0 unspecified atom stereocenters. The fourth-order valence-corrected chi connectivity index (χ4v) is 4.49. The molecule has 0 atom stereocenters. The number of benzene rings is 4. The van der Waals surface area contributed by atoms with E-state index in [1.807, 2.05) is 64.1 Å². The van der Waals surface area contributed by atoms with Gasteiger partial charge in [0.2, 0.25) is 0 Å². The summed E-state index contributed by atoms with van der Waals surface area (Å²) in [7, 11) is 0. The third-order valence-corrected chi connectivity index (χ3v) is 5.91. The van der Waals surface area contributed by atoms with Crippen molar-refractivity contribution in [2.75, 3.05) is 0 Å². The van der Waals surface area contributed by atoms with Crippen molar-refractivity contribution in [3.8, 4) is 22.3 Å². The zero-order valence-electron chi connectivity index (χ0n) is 18.0. The first-order chi connectivity index (χ1) is 14.5. The Labute approximate surface area is 179 Å². The molecule has 0 aromatic heterocycles. The molecule has 148 valence electrons. The highest BCUT2D eigenvalue weighted by Gasteiger charge is 2.27. The van der Waals surface area contributed by atoms with Crippen LogP contribution in [0.15, 0.2) is 84.9 Å². The Kier molecular flexibility index (Phi) is 5.59. The van der Waals surface area contributed by atoms with Crippen molar-refractivity contribution in [3.05, 3.63) is 107 Å². The SMILES string of the molecule is Cc1cc(-c2ccccc2)cc(C)c1B(F)c1c(C)cc(-c2ccccc2)cc1C. The van der Waals surface area contributed by atoms with Gasteiger partial charge in [-0.2, -0.15) is 0 Å². The lowest BCUT2D eigenvalue weighted by Crippen LogP contribution is -2.44. The lowest BCUT2D eigenvalue weighted by Gasteiger charge is -2.19. The fraction of sp³-hybridized carbons (Fsp3) is 0.143. The van der Waals surface area contributed by atoms with Crippen LogP contribution in [-0.2, 0) is 0 Å². The molecule has 0 saturated heterocycles. The average Bonchev–Trinajstić information content (AvgIpc) is 2.74. The van der Waals surface area contributed by atoms with Crippen molar-refractivity contribution in [1.29, 1.82) is 0 Å². The molecule has 0 spiro atoms. The van der Waals surface area contributed by atoms with Gasteiger partial charge in [-0.3, -0.25) is 0 Å². The molecule has 4 rings (SSSR count). The smallest absolute Gasteiger partial charge is 0.322 e. The van der Waals surface area contributed by atoms with Crippen molar-refractivity contribution < 1.29 is 4.32 Å². The van der Waals surface area contributed by atoms with Crippen LogP contribution in [0.5, 0.6) is 0 Å². The third-order valence-electron chi connectivity index (χ3n) is 5.91. The monoisotopic (exact) mass is 392 g/mol. The van der Waals surface area contributed by atoms with E-state index in [0.717, 1.165) is 55.4 Å². The van der Waals surface area contributed by atoms with E-state index in [-0.39, 0.29) is 0 Å². The summed E-state index contributed by atoms with van der Waals surface area (Å²) in [5, 5.41) is 0. The standard InChI is InChI=1S/C28H26BF/c1-19-15-25(23-11-7-5-8-12-23)16-20(2)27(19)29(30)28-21(3)17-26(18-22(28)4)24-13-9-6-10-14-24/h5-18H,1-4H3. The van der Waals surface area contributed by atoms with E-state index < -0.39 is 6.99 Å². The molecule has 30 heavy (non-hydrogen) atoms. The topological polar surface area (TPSA) is 0 Å². The Morgan fingerprint density at radius 2 is 0.767 bits per heavy atom. The first-order valence-corrected chi connectivity index (χ1v) is 10.4. The summed E-state index contributed by atoms with van der Waals surface area (Å²) in [6.45, 7) is 6.93. The van der Waals surface area contributed by atoms with Gasteiger partial charge in [-0.05, 0) is 60.9 Å². The average molecular weight is 392 g/mol. The summed E-state index contributed by atoms with van der Waals surface area (Å²) in [5.74, 6) is 0. The van der Waals surface area contributed by atoms with Crippen molar-refractivity contribution in [2.45, 2.75) is 27.7 Å². The largest absolute Gasteiger partial charge is 0.414 e.